The van der Waals surface area contributed by atoms with Gasteiger partial charge in [-0.15, -0.1) is 0 Å². The second kappa shape index (κ2) is 8.56. The van der Waals surface area contributed by atoms with Crippen LogP contribution in [0.4, 0.5) is 0 Å². The van der Waals surface area contributed by atoms with Gasteiger partial charge in [-0.1, -0.05) is 39.2 Å². The van der Waals surface area contributed by atoms with Crippen molar-refractivity contribution in [2.75, 3.05) is 6.61 Å². The van der Waals surface area contributed by atoms with Gasteiger partial charge in [0.1, 0.15) is 5.75 Å². The molecule has 1 aliphatic carbocycles. The molecule has 1 fully saturated rings. The average Bonchev–Trinajstić information content (AvgIpc) is 2.53. The summed E-state index contributed by atoms with van der Waals surface area (Å²) in [4.78, 5) is 12.0. The van der Waals surface area contributed by atoms with Crippen molar-refractivity contribution in [1.29, 1.82) is 0 Å². The molecule has 4 heteroatoms. The Morgan fingerprint density at radius 1 is 1.36 bits per heavy atom. The molecule has 1 amide bonds. The van der Waals surface area contributed by atoms with Crippen LogP contribution in [-0.2, 0) is 4.79 Å². The minimum absolute atomic E-state index is 0.0233. The Kier molecular flexibility index (Phi) is 6.74. The summed E-state index contributed by atoms with van der Waals surface area (Å²) in [6.07, 6.45) is 7.02. The van der Waals surface area contributed by atoms with Crippen LogP contribution < -0.4 is 10.1 Å². The summed E-state index contributed by atoms with van der Waals surface area (Å²) in [6, 6.07) is 6.44. The molecule has 1 aliphatic rings. The predicted octanol–water partition coefficient (Wildman–Crippen LogP) is 4.79. The second-order valence-corrected chi connectivity index (χ2v) is 7.04. The molecule has 0 heterocycles. The van der Waals surface area contributed by atoms with Crippen LogP contribution in [0.15, 0.2) is 22.7 Å². The molecule has 3 nitrogen and oxygen atoms in total. The van der Waals surface area contributed by atoms with Crippen LogP contribution in [0, 0.1) is 0 Å². The molecular formula is C18H26BrNO2. The molecule has 1 aromatic carbocycles. The lowest BCUT2D eigenvalue weighted by Gasteiger charge is -2.22. The molecule has 1 aromatic rings. The van der Waals surface area contributed by atoms with E-state index in [-0.39, 0.29) is 12.5 Å². The van der Waals surface area contributed by atoms with Crippen molar-refractivity contribution in [3.63, 3.8) is 0 Å². The number of amides is 1. The Bertz CT molecular complexity index is 498. The van der Waals surface area contributed by atoms with Crippen molar-refractivity contribution in [3.05, 3.63) is 28.2 Å². The van der Waals surface area contributed by atoms with E-state index in [1.165, 1.54) is 24.8 Å². The zero-order chi connectivity index (χ0) is 15.9. The normalized spacial score (nSPS) is 17.0. The third kappa shape index (κ3) is 5.01. The molecule has 0 aromatic heterocycles. The maximum atomic E-state index is 12.0. The van der Waals surface area contributed by atoms with E-state index < -0.39 is 0 Å². The van der Waals surface area contributed by atoms with E-state index in [9.17, 15) is 4.79 Å². The predicted molar refractivity (Wildman–Crippen MR) is 93.4 cm³/mol. The Labute approximate surface area is 141 Å². The fourth-order valence-electron chi connectivity index (χ4n) is 2.84. The SMILES string of the molecule is CCC(C)c1ccc(OCC(=O)NC2CCCCC2)c(Br)c1. The highest BCUT2D eigenvalue weighted by Gasteiger charge is 2.16. The van der Waals surface area contributed by atoms with E-state index in [4.69, 9.17) is 4.74 Å². The fourth-order valence-corrected chi connectivity index (χ4v) is 3.35. The molecule has 0 spiro atoms. The number of rotatable bonds is 6. The van der Waals surface area contributed by atoms with Crippen LogP contribution >= 0.6 is 15.9 Å². The van der Waals surface area contributed by atoms with E-state index in [1.807, 2.05) is 6.07 Å². The van der Waals surface area contributed by atoms with Gasteiger partial charge in [-0.25, -0.2) is 0 Å². The third-order valence-corrected chi connectivity index (χ3v) is 5.09. The van der Waals surface area contributed by atoms with Crippen LogP contribution in [0.5, 0.6) is 5.75 Å². The monoisotopic (exact) mass is 367 g/mol. The molecular weight excluding hydrogens is 342 g/mol. The minimum atomic E-state index is -0.0233. The number of hydrogen-bond acceptors (Lipinski definition) is 2. The molecule has 0 aliphatic heterocycles. The van der Waals surface area contributed by atoms with Crippen molar-refractivity contribution in [2.45, 2.75) is 64.3 Å². The highest BCUT2D eigenvalue weighted by molar-refractivity contribution is 9.10. The van der Waals surface area contributed by atoms with E-state index in [0.29, 0.717) is 12.0 Å². The van der Waals surface area contributed by atoms with Crippen molar-refractivity contribution >= 4 is 21.8 Å². The average molecular weight is 368 g/mol. The van der Waals surface area contributed by atoms with E-state index in [0.717, 1.165) is 29.5 Å². The van der Waals surface area contributed by atoms with Gasteiger partial charge < -0.3 is 10.1 Å². The van der Waals surface area contributed by atoms with Gasteiger partial charge in [0.05, 0.1) is 4.47 Å². The van der Waals surface area contributed by atoms with Gasteiger partial charge in [0.2, 0.25) is 0 Å². The highest BCUT2D eigenvalue weighted by atomic mass is 79.9. The van der Waals surface area contributed by atoms with E-state index in [1.54, 1.807) is 0 Å². The molecule has 0 radical (unpaired) electrons. The smallest absolute Gasteiger partial charge is 0.258 e. The first-order valence-electron chi connectivity index (χ1n) is 8.31. The first-order valence-corrected chi connectivity index (χ1v) is 9.11. The number of nitrogens with one attached hydrogen (secondary N) is 1. The van der Waals surface area contributed by atoms with Gasteiger partial charge in [0, 0.05) is 6.04 Å². The van der Waals surface area contributed by atoms with Crippen LogP contribution in [0.1, 0.15) is 63.9 Å². The maximum Gasteiger partial charge on any atom is 0.258 e. The number of halogens is 1. The molecule has 1 atom stereocenters. The zero-order valence-electron chi connectivity index (χ0n) is 13.5. The lowest BCUT2D eigenvalue weighted by Crippen LogP contribution is -2.39. The zero-order valence-corrected chi connectivity index (χ0v) is 15.1. The summed E-state index contributed by atoms with van der Waals surface area (Å²) in [7, 11) is 0. The molecule has 0 saturated heterocycles. The summed E-state index contributed by atoms with van der Waals surface area (Å²) in [5.41, 5.74) is 1.29. The number of ether oxygens (including phenoxy) is 1. The van der Waals surface area contributed by atoms with Crippen molar-refractivity contribution < 1.29 is 9.53 Å². The molecule has 1 unspecified atom stereocenters. The lowest BCUT2D eigenvalue weighted by molar-refractivity contribution is -0.124. The lowest BCUT2D eigenvalue weighted by atomic mass is 9.95. The van der Waals surface area contributed by atoms with Crippen molar-refractivity contribution in [3.8, 4) is 5.75 Å². The summed E-state index contributed by atoms with van der Waals surface area (Å²) >= 11 is 3.54. The van der Waals surface area contributed by atoms with Crippen molar-refractivity contribution in [1.82, 2.24) is 5.32 Å². The first kappa shape index (κ1) is 17.3. The molecule has 1 saturated carbocycles. The number of carbonyl (C=O) groups excluding carboxylic acids is 1. The fraction of sp³-hybridized carbons (Fsp3) is 0.611. The topological polar surface area (TPSA) is 38.3 Å². The van der Waals surface area contributed by atoms with E-state index >= 15 is 0 Å². The van der Waals surface area contributed by atoms with Crippen LogP contribution in [0.2, 0.25) is 0 Å². The van der Waals surface area contributed by atoms with Crippen LogP contribution in [0.3, 0.4) is 0 Å². The number of benzene rings is 1. The summed E-state index contributed by atoms with van der Waals surface area (Å²) in [5, 5.41) is 3.07. The van der Waals surface area contributed by atoms with Crippen LogP contribution in [0.25, 0.3) is 0 Å². The largest absolute Gasteiger partial charge is 0.483 e. The third-order valence-electron chi connectivity index (χ3n) is 4.47. The Morgan fingerprint density at radius 3 is 2.73 bits per heavy atom. The van der Waals surface area contributed by atoms with Crippen LogP contribution in [-0.4, -0.2) is 18.6 Å². The van der Waals surface area contributed by atoms with Gasteiger partial charge in [-0.3, -0.25) is 4.79 Å². The summed E-state index contributed by atoms with van der Waals surface area (Å²) < 4.78 is 6.56. The Morgan fingerprint density at radius 2 is 2.09 bits per heavy atom. The minimum Gasteiger partial charge on any atom is -0.483 e. The number of hydrogen-bond donors (Lipinski definition) is 1. The summed E-state index contributed by atoms with van der Waals surface area (Å²) in [6.45, 7) is 4.47. The van der Waals surface area contributed by atoms with Gasteiger partial charge in [0.25, 0.3) is 5.91 Å². The Balaban J connectivity index is 1.84. The first-order chi connectivity index (χ1) is 10.6. The molecule has 122 valence electrons. The summed E-state index contributed by atoms with van der Waals surface area (Å²) in [5.74, 6) is 1.23. The number of carbonyl (C=O) groups is 1. The van der Waals surface area contributed by atoms with Gasteiger partial charge in [0.15, 0.2) is 6.61 Å². The second-order valence-electron chi connectivity index (χ2n) is 6.19. The molecule has 22 heavy (non-hydrogen) atoms. The molecule has 2 rings (SSSR count). The Hall–Kier alpha value is -1.03. The van der Waals surface area contributed by atoms with E-state index in [2.05, 4.69) is 47.2 Å². The molecule has 1 N–H and O–H groups in total. The molecule has 0 bridgehead atoms. The maximum absolute atomic E-state index is 12.0. The van der Waals surface area contributed by atoms with Gasteiger partial charge in [-0.2, -0.15) is 0 Å². The quantitative estimate of drug-likeness (QED) is 0.784. The van der Waals surface area contributed by atoms with Gasteiger partial charge in [-0.05, 0) is 58.8 Å². The van der Waals surface area contributed by atoms with Gasteiger partial charge >= 0.3 is 0 Å². The highest BCUT2D eigenvalue weighted by Crippen LogP contribution is 2.30. The van der Waals surface area contributed by atoms with Crippen molar-refractivity contribution in [2.24, 2.45) is 0 Å². The standard InChI is InChI=1S/C18H26BrNO2/c1-3-13(2)14-9-10-17(16(19)11-14)22-12-18(21)20-15-7-5-4-6-8-15/h9-11,13,15H,3-8,12H2,1-2H3,(H,20,21).